The Morgan fingerprint density at radius 3 is 2.97 bits per heavy atom. The number of fused-ring (bicyclic) bond motifs is 2. The van der Waals surface area contributed by atoms with Gasteiger partial charge >= 0.3 is 0 Å². The zero-order valence-electron chi connectivity index (χ0n) is 17.6. The summed E-state index contributed by atoms with van der Waals surface area (Å²) in [5.41, 5.74) is 11.2. The van der Waals surface area contributed by atoms with E-state index >= 15 is 0 Å². The Hall–Kier alpha value is -3.85. The summed E-state index contributed by atoms with van der Waals surface area (Å²) in [6, 6.07) is 7.62. The largest absolute Gasteiger partial charge is 0.385 e. The molecule has 0 bridgehead atoms. The highest BCUT2D eigenvalue weighted by Gasteiger charge is 2.27. The number of nitrogens with two attached hydrogens (primary N) is 1. The molecule has 6 rings (SSSR count). The molecule has 0 aliphatic heterocycles. The van der Waals surface area contributed by atoms with Gasteiger partial charge in [-0.2, -0.15) is 5.10 Å². The molecule has 1 aliphatic carbocycles. The van der Waals surface area contributed by atoms with Crippen LogP contribution in [0.4, 0.5) is 5.82 Å². The summed E-state index contributed by atoms with van der Waals surface area (Å²) in [5.74, 6) is 1.01. The Balaban J connectivity index is 1.16. The van der Waals surface area contributed by atoms with Crippen LogP contribution in [-0.2, 0) is 13.1 Å². The number of carbonyl (C=O) groups excluding carboxylic acids is 1. The molecule has 3 N–H and O–H groups in total. The number of anilines is 1. The third-order valence-electron chi connectivity index (χ3n) is 5.96. The van der Waals surface area contributed by atoms with Crippen molar-refractivity contribution in [2.45, 2.75) is 31.8 Å². The van der Waals surface area contributed by atoms with Crippen molar-refractivity contribution in [3.05, 3.63) is 82.9 Å². The Morgan fingerprint density at radius 2 is 2.12 bits per heavy atom. The van der Waals surface area contributed by atoms with E-state index in [4.69, 9.17) is 22.3 Å². The second kappa shape index (κ2) is 7.63. The fraction of sp³-hybridized carbons (Fsp3) is 0.217. The number of imidazole rings is 2. The van der Waals surface area contributed by atoms with Crippen molar-refractivity contribution in [3.8, 4) is 0 Å². The minimum atomic E-state index is -0.223. The monoisotopic (exact) mass is 460 g/mol. The van der Waals surface area contributed by atoms with Crippen molar-refractivity contribution in [1.29, 1.82) is 0 Å². The second-order valence-corrected chi connectivity index (χ2v) is 8.79. The number of hydrogen-bond acceptors (Lipinski definition) is 5. The van der Waals surface area contributed by atoms with Crippen molar-refractivity contribution in [2.24, 2.45) is 0 Å². The van der Waals surface area contributed by atoms with E-state index in [0.29, 0.717) is 28.9 Å². The van der Waals surface area contributed by atoms with Crippen molar-refractivity contribution in [2.75, 3.05) is 5.73 Å². The minimum absolute atomic E-state index is 0.223. The van der Waals surface area contributed by atoms with Crippen molar-refractivity contribution >= 4 is 34.5 Å². The summed E-state index contributed by atoms with van der Waals surface area (Å²) >= 11 is 6.08. The Morgan fingerprint density at radius 1 is 1.24 bits per heavy atom. The number of aromatic nitrogens is 6. The molecule has 10 heteroatoms. The average molecular weight is 461 g/mol. The maximum absolute atomic E-state index is 12.7. The first-order chi connectivity index (χ1) is 16.0. The standard InChI is InChI=1S/C23H21ClN8O/c24-16-5-6-30-13-27-19(20(30)7-16)9-26-23(33)15-8-28-31(10-15)11-17-12-32-21(25)4-3-18(14-1-2-14)22(32)29-17/h3-8,10,12-14H,1-2,9,11,25H2,(H,26,33). The molecule has 9 nitrogen and oxygen atoms in total. The van der Waals surface area contributed by atoms with Crippen LogP contribution in [-0.4, -0.2) is 34.5 Å². The van der Waals surface area contributed by atoms with Gasteiger partial charge in [0.15, 0.2) is 0 Å². The number of carbonyl (C=O) groups is 1. The van der Waals surface area contributed by atoms with Crippen molar-refractivity contribution in [3.63, 3.8) is 0 Å². The molecule has 33 heavy (non-hydrogen) atoms. The predicted octanol–water partition coefficient (Wildman–Crippen LogP) is 3.27. The lowest BCUT2D eigenvalue weighted by molar-refractivity contribution is 0.0950. The zero-order valence-corrected chi connectivity index (χ0v) is 18.4. The minimum Gasteiger partial charge on any atom is -0.385 e. The summed E-state index contributed by atoms with van der Waals surface area (Å²) in [7, 11) is 0. The summed E-state index contributed by atoms with van der Waals surface area (Å²) in [4.78, 5) is 21.8. The molecule has 1 amide bonds. The molecular weight excluding hydrogens is 440 g/mol. The first-order valence-corrected chi connectivity index (χ1v) is 11.1. The number of nitrogens with zero attached hydrogens (tertiary/aromatic N) is 6. The van der Waals surface area contributed by atoms with Crippen molar-refractivity contribution < 1.29 is 4.79 Å². The van der Waals surface area contributed by atoms with Crippen LogP contribution >= 0.6 is 11.6 Å². The number of pyridine rings is 2. The molecule has 166 valence electrons. The van der Waals surface area contributed by atoms with E-state index in [0.717, 1.165) is 22.6 Å². The van der Waals surface area contributed by atoms with E-state index in [1.807, 2.05) is 33.3 Å². The number of halogens is 1. The molecule has 5 aromatic rings. The van der Waals surface area contributed by atoms with Crippen LogP contribution in [0.25, 0.3) is 11.2 Å². The number of hydrogen-bond donors (Lipinski definition) is 2. The van der Waals surface area contributed by atoms with Crippen LogP contribution in [0.15, 0.2) is 55.4 Å². The van der Waals surface area contributed by atoms with Crippen LogP contribution in [0.2, 0.25) is 5.02 Å². The first kappa shape index (κ1) is 19.8. The van der Waals surface area contributed by atoms with Gasteiger partial charge in [-0.25, -0.2) is 9.97 Å². The third-order valence-corrected chi connectivity index (χ3v) is 6.19. The van der Waals surface area contributed by atoms with Crippen LogP contribution in [0.5, 0.6) is 0 Å². The molecule has 0 spiro atoms. The normalized spacial score (nSPS) is 13.7. The van der Waals surface area contributed by atoms with E-state index < -0.39 is 0 Å². The maximum atomic E-state index is 12.7. The molecule has 1 saturated carbocycles. The first-order valence-electron chi connectivity index (χ1n) is 10.7. The van der Waals surface area contributed by atoms with Gasteiger partial charge in [0, 0.05) is 23.6 Å². The second-order valence-electron chi connectivity index (χ2n) is 8.35. The molecule has 1 fully saturated rings. The van der Waals surface area contributed by atoms with Gasteiger partial charge in [-0.15, -0.1) is 0 Å². The van der Waals surface area contributed by atoms with Gasteiger partial charge in [0.2, 0.25) is 0 Å². The van der Waals surface area contributed by atoms with Gasteiger partial charge in [-0.3, -0.25) is 13.9 Å². The van der Waals surface area contributed by atoms with Gasteiger partial charge in [0.1, 0.15) is 11.5 Å². The molecule has 0 saturated heterocycles. The van der Waals surface area contributed by atoms with Gasteiger partial charge in [0.25, 0.3) is 5.91 Å². The van der Waals surface area contributed by atoms with E-state index in [2.05, 4.69) is 21.5 Å². The Kier molecular flexibility index (Phi) is 4.58. The molecule has 0 radical (unpaired) electrons. The van der Waals surface area contributed by atoms with E-state index in [9.17, 15) is 4.79 Å². The Labute approximate surface area is 193 Å². The van der Waals surface area contributed by atoms with Crippen LogP contribution in [0.3, 0.4) is 0 Å². The molecule has 0 atom stereocenters. The fourth-order valence-corrected chi connectivity index (χ4v) is 4.26. The van der Waals surface area contributed by atoms with Crippen molar-refractivity contribution in [1.82, 2.24) is 33.9 Å². The molecule has 0 aromatic carbocycles. The molecule has 0 unspecified atom stereocenters. The molecule has 5 heterocycles. The van der Waals surface area contributed by atoms with Gasteiger partial charge in [-0.05, 0) is 42.5 Å². The smallest absolute Gasteiger partial charge is 0.254 e. The highest BCUT2D eigenvalue weighted by atomic mass is 35.5. The summed E-state index contributed by atoms with van der Waals surface area (Å²) in [6.45, 7) is 0.735. The van der Waals surface area contributed by atoms with Crippen LogP contribution in [0, 0.1) is 0 Å². The molecule has 1 aliphatic rings. The third kappa shape index (κ3) is 3.70. The topological polar surface area (TPSA) is 108 Å². The highest BCUT2D eigenvalue weighted by molar-refractivity contribution is 6.30. The van der Waals surface area contributed by atoms with E-state index in [-0.39, 0.29) is 12.5 Å². The zero-order chi connectivity index (χ0) is 22.5. The van der Waals surface area contributed by atoms with Gasteiger partial charge in [-0.1, -0.05) is 17.7 Å². The number of nitrogen functional groups attached to an aromatic ring is 1. The summed E-state index contributed by atoms with van der Waals surface area (Å²) in [5, 5.41) is 7.86. The highest BCUT2D eigenvalue weighted by Crippen LogP contribution is 2.42. The molecular formula is C23H21ClN8O. The van der Waals surface area contributed by atoms with Crippen LogP contribution in [0.1, 0.15) is 46.1 Å². The summed E-state index contributed by atoms with van der Waals surface area (Å²) in [6.07, 6.45) is 11.1. The number of nitrogens with one attached hydrogen (secondary N) is 1. The lowest BCUT2D eigenvalue weighted by atomic mass is 10.2. The maximum Gasteiger partial charge on any atom is 0.254 e. The SMILES string of the molecule is Nc1ccc(C2CC2)c2nc(Cn3cc(C(=O)NCc4ncn5ccc(Cl)cc45)cn3)cn12. The fourth-order valence-electron chi connectivity index (χ4n) is 4.10. The molecule has 5 aromatic heterocycles. The number of amides is 1. The lowest BCUT2D eigenvalue weighted by Crippen LogP contribution is -2.22. The number of rotatable bonds is 6. The van der Waals surface area contributed by atoms with Crippen LogP contribution < -0.4 is 11.1 Å². The lowest BCUT2D eigenvalue weighted by Gasteiger charge is -2.03. The van der Waals surface area contributed by atoms with E-state index in [1.165, 1.54) is 18.4 Å². The predicted molar refractivity (Wildman–Crippen MR) is 124 cm³/mol. The average Bonchev–Trinajstić information content (AvgIpc) is 3.19. The van der Waals surface area contributed by atoms with E-state index in [1.54, 1.807) is 29.5 Å². The summed E-state index contributed by atoms with van der Waals surface area (Å²) < 4.78 is 5.50. The Bertz CT molecular complexity index is 1510. The van der Waals surface area contributed by atoms with Gasteiger partial charge in [0.05, 0.1) is 48.1 Å². The van der Waals surface area contributed by atoms with Gasteiger partial charge < -0.3 is 15.5 Å². The quantitative estimate of drug-likeness (QED) is 0.404.